The minimum absolute atomic E-state index is 0.0342. The summed E-state index contributed by atoms with van der Waals surface area (Å²) in [7, 11) is -3.82. The maximum Gasteiger partial charge on any atom is 0.338 e. The minimum Gasteiger partial charge on any atom is -0.449 e. The molecular weight excluding hydrogens is 500 g/mol. The molecule has 172 valence electrons. The molecule has 2 aromatic rings. The van der Waals surface area contributed by atoms with Crippen molar-refractivity contribution in [2.24, 2.45) is 0 Å². The molecule has 2 aromatic carbocycles. The van der Waals surface area contributed by atoms with E-state index in [-0.39, 0.29) is 23.5 Å². The summed E-state index contributed by atoms with van der Waals surface area (Å²) < 4.78 is 38.1. The predicted octanol–water partition coefficient (Wildman–Crippen LogP) is 3.22. The Balaban J connectivity index is 1.70. The number of morpholine rings is 1. The van der Waals surface area contributed by atoms with Crippen LogP contribution in [0.1, 0.15) is 29.8 Å². The highest BCUT2D eigenvalue weighted by molar-refractivity contribution is 9.10. The first-order valence-corrected chi connectivity index (χ1v) is 12.4. The maximum absolute atomic E-state index is 13.0. The maximum atomic E-state index is 13.0. The second-order valence-corrected chi connectivity index (χ2v) is 10.0. The molecule has 3 rings (SSSR count). The number of benzene rings is 2. The van der Waals surface area contributed by atoms with E-state index in [1.807, 2.05) is 19.1 Å². The van der Waals surface area contributed by atoms with Gasteiger partial charge in [-0.1, -0.05) is 19.1 Å². The summed E-state index contributed by atoms with van der Waals surface area (Å²) in [5, 5.41) is 2.70. The van der Waals surface area contributed by atoms with Crippen molar-refractivity contribution in [3.63, 3.8) is 0 Å². The van der Waals surface area contributed by atoms with Gasteiger partial charge in [0.1, 0.15) is 0 Å². The zero-order chi connectivity index (χ0) is 23.3. The molecule has 1 aliphatic rings. The second kappa shape index (κ2) is 10.6. The number of esters is 1. The number of sulfonamides is 1. The number of amides is 1. The van der Waals surface area contributed by atoms with Crippen LogP contribution in [0.5, 0.6) is 0 Å². The van der Waals surface area contributed by atoms with Gasteiger partial charge in [-0.15, -0.1) is 0 Å². The highest BCUT2D eigenvalue weighted by Gasteiger charge is 2.29. The molecular formula is C22H25BrN2O6S. The van der Waals surface area contributed by atoms with E-state index in [0.29, 0.717) is 23.4 Å². The molecule has 1 heterocycles. The number of hydrogen-bond donors (Lipinski definition) is 1. The fourth-order valence-corrected chi connectivity index (χ4v) is 5.46. The Morgan fingerprint density at radius 1 is 1.16 bits per heavy atom. The van der Waals surface area contributed by atoms with E-state index in [2.05, 4.69) is 21.2 Å². The molecule has 1 amide bonds. The molecule has 1 atom stereocenters. The van der Waals surface area contributed by atoms with Gasteiger partial charge in [-0.2, -0.15) is 4.31 Å². The van der Waals surface area contributed by atoms with Crippen molar-refractivity contribution < 1.29 is 27.5 Å². The molecule has 10 heteroatoms. The average molecular weight is 525 g/mol. The normalized spacial score (nSPS) is 15.7. The van der Waals surface area contributed by atoms with Crippen LogP contribution in [0.25, 0.3) is 0 Å². The first-order valence-electron chi connectivity index (χ1n) is 10.2. The first-order chi connectivity index (χ1) is 15.2. The smallest absolute Gasteiger partial charge is 0.338 e. The predicted molar refractivity (Wildman–Crippen MR) is 123 cm³/mol. The van der Waals surface area contributed by atoms with Crippen molar-refractivity contribution in [2.75, 3.05) is 31.6 Å². The van der Waals surface area contributed by atoms with Crippen LogP contribution < -0.4 is 5.32 Å². The Morgan fingerprint density at radius 2 is 1.81 bits per heavy atom. The van der Waals surface area contributed by atoms with Gasteiger partial charge >= 0.3 is 5.97 Å². The van der Waals surface area contributed by atoms with Crippen molar-refractivity contribution >= 4 is 43.5 Å². The molecule has 32 heavy (non-hydrogen) atoms. The van der Waals surface area contributed by atoms with Gasteiger partial charge in [0.25, 0.3) is 5.91 Å². The second-order valence-electron chi connectivity index (χ2n) is 7.25. The Labute approximate surface area is 196 Å². The molecule has 0 saturated carbocycles. The lowest BCUT2D eigenvalue weighted by Crippen LogP contribution is -2.40. The molecule has 1 unspecified atom stereocenters. The van der Waals surface area contributed by atoms with Crippen molar-refractivity contribution in [3.8, 4) is 0 Å². The van der Waals surface area contributed by atoms with Crippen LogP contribution in [-0.2, 0) is 30.7 Å². The molecule has 1 N–H and O–H groups in total. The topological polar surface area (TPSA) is 102 Å². The van der Waals surface area contributed by atoms with Crippen LogP contribution >= 0.6 is 15.9 Å². The van der Waals surface area contributed by atoms with Crippen LogP contribution in [0, 0.1) is 0 Å². The third-order valence-electron chi connectivity index (χ3n) is 5.04. The van der Waals surface area contributed by atoms with Crippen LogP contribution in [-0.4, -0.2) is 57.0 Å². The van der Waals surface area contributed by atoms with Crippen LogP contribution in [0.15, 0.2) is 51.8 Å². The SMILES string of the molecule is CCc1ccc(NC(=O)C(C)OC(=O)c2ccc(Br)c(S(=O)(=O)N3CCOCC3)c2)cc1. The number of carbonyl (C=O) groups is 2. The summed E-state index contributed by atoms with van der Waals surface area (Å²) in [6.45, 7) is 4.59. The summed E-state index contributed by atoms with van der Waals surface area (Å²) in [5.41, 5.74) is 1.77. The van der Waals surface area contributed by atoms with Gasteiger partial charge in [0.2, 0.25) is 10.0 Å². The van der Waals surface area contributed by atoms with E-state index in [4.69, 9.17) is 9.47 Å². The van der Waals surface area contributed by atoms with Gasteiger partial charge in [-0.05, 0) is 65.2 Å². The van der Waals surface area contributed by atoms with E-state index >= 15 is 0 Å². The van der Waals surface area contributed by atoms with E-state index < -0.39 is 28.0 Å². The highest BCUT2D eigenvalue weighted by Crippen LogP contribution is 2.27. The van der Waals surface area contributed by atoms with E-state index in [1.54, 1.807) is 12.1 Å². The molecule has 1 saturated heterocycles. The summed E-state index contributed by atoms with van der Waals surface area (Å²) in [4.78, 5) is 25.0. The molecule has 0 bridgehead atoms. The number of nitrogens with one attached hydrogen (secondary N) is 1. The quantitative estimate of drug-likeness (QED) is 0.558. The number of anilines is 1. The van der Waals surface area contributed by atoms with Crippen LogP contribution in [0.3, 0.4) is 0 Å². The number of nitrogens with zero attached hydrogens (tertiary/aromatic N) is 1. The van der Waals surface area contributed by atoms with Crippen LogP contribution in [0.2, 0.25) is 0 Å². The van der Waals surface area contributed by atoms with Gasteiger partial charge in [-0.25, -0.2) is 13.2 Å². The Bertz CT molecular complexity index is 1080. The van der Waals surface area contributed by atoms with Gasteiger partial charge in [0.05, 0.1) is 23.7 Å². The summed E-state index contributed by atoms with van der Waals surface area (Å²) in [6.07, 6.45) is -0.185. The summed E-state index contributed by atoms with van der Waals surface area (Å²) in [6, 6.07) is 11.6. The van der Waals surface area contributed by atoms with Crippen molar-refractivity contribution in [3.05, 3.63) is 58.1 Å². The molecule has 1 fully saturated rings. The zero-order valence-electron chi connectivity index (χ0n) is 17.8. The van der Waals surface area contributed by atoms with E-state index in [1.165, 1.54) is 29.4 Å². The molecule has 0 spiro atoms. The number of halogens is 1. The number of rotatable bonds is 7. The Kier molecular flexibility index (Phi) is 8.05. The molecule has 8 nitrogen and oxygen atoms in total. The van der Waals surface area contributed by atoms with Crippen molar-refractivity contribution in [1.29, 1.82) is 0 Å². The Morgan fingerprint density at radius 3 is 2.44 bits per heavy atom. The molecule has 0 aromatic heterocycles. The Hall–Kier alpha value is -2.27. The fourth-order valence-electron chi connectivity index (χ4n) is 3.10. The fraction of sp³-hybridized carbons (Fsp3) is 0.364. The number of ether oxygens (including phenoxy) is 2. The van der Waals surface area contributed by atoms with Gasteiger partial charge in [0.15, 0.2) is 6.10 Å². The van der Waals surface area contributed by atoms with Gasteiger partial charge in [-0.3, -0.25) is 4.79 Å². The largest absolute Gasteiger partial charge is 0.449 e. The lowest BCUT2D eigenvalue weighted by atomic mass is 10.1. The first kappa shape index (κ1) is 24.4. The highest BCUT2D eigenvalue weighted by atomic mass is 79.9. The average Bonchev–Trinajstić information content (AvgIpc) is 2.80. The monoisotopic (exact) mass is 524 g/mol. The van der Waals surface area contributed by atoms with Gasteiger partial charge < -0.3 is 14.8 Å². The molecule has 0 aliphatic carbocycles. The van der Waals surface area contributed by atoms with E-state index in [9.17, 15) is 18.0 Å². The minimum atomic E-state index is -3.82. The number of hydrogen-bond acceptors (Lipinski definition) is 6. The lowest BCUT2D eigenvalue weighted by Gasteiger charge is -2.26. The third-order valence-corrected chi connectivity index (χ3v) is 7.93. The number of carbonyl (C=O) groups excluding carboxylic acids is 2. The lowest BCUT2D eigenvalue weighted by molar-refractivity contribution is -0.123. The van der Waals surface area contributed by atoms with E-state index in [0.717, 1.165) is 12.0 Å². The summed E-state index contributed by atoms with van der Waals surface area (Å²) >= 11 is 3.25. The number of aryl methyl sites for hydroxylation is 1. The van der Waals surface area contributed by atoms with Crippen molar-refractivity contribution in [2.45, 2.75) is 31.3 Å². The standard InChI is InChI=1S/C22H25BrN2O6S/c1-3-16-4-7-18(8-5-16)24-21(26)15(2)31-22(27)17-6-9-19(23)20(14-17)32(28,29)25-10-12-30-13-11-25/h4-9,14-15H,3,10-13H2,1-2H3,(H,24,26). The molecule has 0 radical (unpaired) electrons. The summed E-state index contributed by atoms with van der Waals surface area (Å²) in [5.74, 6) is -1.28. The van der Waals surface area contributed by atoms with Crippen molar-refractivity contribution in [1.82, 2.24) is 4.31 Å². The van der Waals surface area contributed by atoms with Gasteiger partial charge in [0, 0.05) is 23.2 Å². The zero-order valence-corrected chi connectivity index (χ0v) is 20.2. The molecule has 1 aliphatic heterocycles. The van der Waals surface area contributed by atoms with Crippen LogP contribution in [0.4, 0.5) is 5.69 Å². The third kappa shape index (κ3) is 5.74.